The van der Waals surface area contributed by atoms with Crippen LogP contribution >= 0.6 is 22.7 Å². The van der Waals surface area contributed by atoms with Gasteiger partial charge in [0.05, 0.1) is 21.8 Å². The Kier molecular flexibility index (Phi) is 3.53. The molecule has 2 heterocycles. The van der Waals surface area contributed by atoms with Gasteiger partial charge in [0.2, 0.25) is 0 Å². The van der Waals surface area contributed by atoms with Crippen LogP contribution in [0.3, 0.4) is 0 Å². The van der Waals surface area contributed by atoms with Crippen LogP contribution in [0.1, 0.15) is 24.8 Å². The molecule has 0 spiro atoms. The highest BCUT2D eigenvalue weighted by molar-refractivity contribution is 7.16. The van der Waals surface area contributed by atoms with Crippen molar-refractivity contribution in [3.63, 3.8) is 0 Å². The van der Waals surface area contributed by atoms with Crippen molar-refractivity contribution in [2.24, 2.45) is 5.92 Å². The maximum atomic E-state index is 4.32. The first-order valence-corrected chi connectivity index (χ1v) is 8.13. The smallest absolute Gasteiger partial charge is 0.0813 e. The molecule has 1 N–H and O–H groups in total. The first-order chi connectivity index (χ1) is 9.24. The number of rotatable bonds is 4. The molecule has 0 aliphatic rings. The average molecular weight is 288 g/mol. The first kappa shape index (κ1) is 12.6. The maximum Gasteiger partial charge on any atom is 0.0813 e. The fourth-order valence-corrected chi connectivity index (χ4v) is 3.82. The van der Waals surface area contributed by atoms with Crippen molar-refractivity contribution in [1.29, 1.82) is 0 Å². The van der Waals surface area contributed by atoms with Gasteiger partial charge in [0.15, 0.2) is 0 Å². The molecule has 1 atom stereocenters. The highest BCUT2D eigenvalue weighted by Gasteiger charge is 2.16. The lowest BCUT2D eigenvalue weighted by Crippen LogP contribution is -2.15. The molecule has 0 saturated carbocycles. The summed E-state index contributed by atoms with van der Waals surface area (Å²) < 4.78 is 1.23. The van der Waals surface area contributed by atoms with Gasteiger partial charge >= 0.3 is 0 Å². The van der Waals surface area contributed by atoms with Gasteiger partial charge in [-0.05, 0) is 35.6 Å². The maximum absolute atomic E-state index is 4.32. The van der Waals surface area contributed by atoms with E-state index in [1.165, 1.54) is 15.3 Å². The van der Waals surface area contributed by atoms with E-state index in [1.54, 1.807) is 11.3 Å². The Morgan fingerprint density at radius 3 is 2.79 bits per heavy atom. The third-order valence-electron chi connectivity index (χ3n) is 3.17. The largest absolute Gasteiger partial charge is 0.377 e. The van der Waals surface area contributed by atoms with Gasteiger partial charge in [0, 0.05) is 10.6 Å². The van der Waals surface area contributed by atoms with Crippen LogP contribution in [-0.4, -0.2) is 4.98 Å². The number of thiazole rings is 1. The van der Waals surface area contributed by atoms with Gasteiger partial charge in [-0.3, -0.25) is 0 Å². The second-order valence-corrected chi connectivity index (χ2v) is 6.78. The quantitative estimate of drug-likeness (QED) is 0.716. The molecule has 2 aromatic heterocycles. The standard InChI is InChI=1S/C15H16N2S2/c1-10(2)15(13-4-3-7-18-13)17-11-5-6-12-14(8-11)19-9-16-12/h3-10,15,17H,1-2H3. The highest BCUT2D eigenvalue weighted by Crippen LogP contribution is 2.31. The van der Waals surface area contributed by atoms with E-state index in [9.17, 15) is 0 Å². The SMILES string of the molecule is CC(C)C(Nc1ccc2ncsc2c1)c1cccs1. The molecule has 0 amide bonds. The molecule has 0 fully saturated rings. The number of aromatic nitrogens is 1. The fraction of sp³-hybridized carbons (Fsp3) is 0.267. The van der Waals surface area contributed by atoms with Crippen LogP contribution in [0.15, 0.2) is 41.2 Å². The monoisotopic (exact) mass is 288 g/mol. The molecule has 19 heavy (non-hydrogen) atoms. The van der Waals surface area contributed by atoms with E-state index in [0.29, 0.717) is 12.0 Å². The van der Waals surface area contributed by atoms with Crippen LogP contribution in [0.4, 0.5) is 5.69 Å². The van der Waals surface area contributed by atoms with Crippen molar-refractivity contribution >= 4 is 38.6 Å². The third-order valence-corrected chi connectivity index (χ3v) is 4.92. The fourth-order valence-electron chi connectivity index (χ4n) is 2.16. The zero-order chi connectivity index (χ0) is 13.2. The molecule has 1 aromatic carbocycles. The summed E-state index contributed by atoms with van der Waals surface area (Å²) in [5, 5.41) is 5.79. The summed E-state index contributed by atoms with van der Waals surface area (Å²) in [6.07, 6.45) is 0. The topological polar surface area (TPSA) is 24.9 Å². The molecule has 98 valence electrons. The lowest BCUT2D eigenvalue weighted by molar-refractivity contribution is 0.554. The Hall–Kier alpha value is -1.39. The van der Waals surface area contributed by atoms with Crippen LogP contribution in [0, 0.1) is 5.92 Å². The number of hydrogen-bond acceptors (Lipinski definition) is 4. The van der Waals surface area contributed by atoms with Crippen LogP contribution in [-0.2, 0) is 0 Å². The predicted octanol–water partition coefficient (Wildman–Crippen LogP) is 5.17. The van der Waals surface area contributed by atoms with Crippen LogP contribution < -0.4 is 5.32 Å². The molecule has 0 aliphatic carbocycles. The molecule has 0 bridgehead atoms. The van der Waals surface area contributed by atoms with Gasteiger partial charge in [-0.25, -0.2) is 4.98 Å². The Morgan fingerprint density at radius 2 is 2.05 bits per heavy atom. The molecule has 0 radical (unpaired) electrons. The molecule has 0 aliphatic heterocycles. The van der Waals surface area contributed by atoms with Gasteiger partial charge < -0.3 is 5.32 Å². The van der Waals surface area contributed by atoms with Gasteiger partial charge in [-0.2, -0.15) is 0 Å². The Labute approximate surface area is 121 Å². The lowest BCUT2D eigenvalue weighted by atomic mass is 10.0. The second-order valence-electron chi connectivity index (χ2n) is 4.92. The minimum absolute atomic E-state index is 0.366. The number of anilines is 1. The van der Waals surface area contributed by atoms with Crippen LogP contribution in [0.25, 0.3) is 10.2 Å². The molecular weight excluding hydrogens is 272 g/mol. The number of benzene rings is 1. The summed E-state index contributed by atoms with van der Waals surface area (Å²) in [6.45, 7) is 4.51. The lowest BCUT2D eigenvalue weighted by Gasteiger charge is -2.22. The minimum Gasteiger partial charge on any atom is -0.377 e. The number of nitrogens with one attached hydrogen (secondary N) is 1. The molecule has 3 rings (SSSR count). The predicted molar refractivity (Wildman–Crippen MR) is 85.1 cm³/mol. The third kappa shape index (κ3) is 2.65. The van der Waals surface area contributed by atoms with Gasteiger partial charge in [0.1, 0.15) is 0 Å². The highest BCUT2D eigenvalue weighted by atomic mass is 32.1. The average Bonchev–Trinajstić information content (AvgIpc) is 3.06. The van der Waals surface area contributed by atoms with E-state index in [1.807, 2.05) is 16.8 Å². The Bertz CT molecular complexity index is 656. The summed E-state index contributed by atoms with van der Waals surface area (Å²) in [5.74, 6) is 0.552. The summed E-state index contributed by atoms with van der Waals surface area (Å²) in [7, 11) is 0. The zero-order valence-corrected chi connectivity index (χ0v) is 12.6. The number of hydrogen-bond donors (Lipinski definition) is 1. The molecule has 3 aromatic rings. The number of thiophene rings is 1. The van der Waals surface area contributed by atoms with Crippen molar-refractivity contribution in [3.8, 4) is 0 Å². The van der Waals surface area contributed by atoms with Gasteiger partial charge in [-0.15, -0.1) is 22.7 Å². The Balaban J connectivity index is 1.89. The van der Waals surface area contributed by atoms with Crippen LogP contribution in [0.5, 0.6) is 0 Å². The van der Waals surface area contributed by atoms with Crippen molar-refractivity contribution in [2.75, 3.05) is 5.32 Å². The molecule has 4 heteroatoms. The van der Waals surface area contributed by atoms with Crippen molar-refractivity contribution in [2.45, 2.75) is 19.9 Å². The summed E-state index contributed by atoms with van der Waals surface area (Å²) >= 11 is 3.50. The van der Waals surface area contributed by atoms with Crippen molar-refractivity contribution in [1.82, 2.24) is 4.98 Å². The first-order valence-electron chi connectivity index (χ1n) is 6.37. The normalized spacial score (nSPS) is 13.0. The van der Waals surface area contributed by atoms with Gasteiger partial charge in [0.25, 0.3) is 0 Å². The van der Waals surface area contributed by atoms with Crippen molar-refractivity contribution < 1.29 is 0 Å². The molecule has 1 unspecified atom stereocenters. The molecule has 0 saturated heterocycles. The van der Waals surface area contributed by atoms with E-state index in [2.05, 4.69) is 59.9 Å². The van der Waals surface area contributed by atoms with Crippen molar-refractivity contribution in [3.05, 3.63) is 46.1 Å². The van der Waals surface area contributed by atoms with E-state index >= 15 is 0 Å². The van der Waals surface area contributed by atoms with E-state index in [0.717, 1.165) is 5.52 Å². The summed E-state index contributed by atoms with van der Waals surface area (Å²) in [6, 6.07) is 11.1. The molecule has 2 nitrogen and oxygen atoms in total. The summed E-state index contributed by atoms with van der Waals surface area (Å²) in [4.78, 5) is 5.71. The Morgan fingerprint density at radius 1 is 1.16 bits per heavy atom. The molecular formula is C15H16N2S2. The zero-order valence-electron chi connectivity index (χ0n) is 11.0. The summed E-state index contributed by atoms with van der Waals surface area (Å²) in [5.41, 5.74) is 4.14. The second kappa shape index (κ2) is 5.31. The van der Waals surface area contributed by atoms with E-state index in [4.69, 9.17) is 0 Å². The van der Waals surface area contributed by atoms with Crippen LogP contribution in [0.2, 0.25) is 0 Å². The van der Waals surface area contributed by atoms with E-state index in [-0.39, 0.29) is 0 Å². The number of nitrogens with zero attached hydrogens (tertiary/aromatic N) is 1. The minimum atomic E-state index is 0.366. The van der Waals surface area contributed by atoms with Gasteiger partial charge in [-0.1, -0.05) is 19.9 Å². The number of fused-ring (bicyclic) bond motifs is 1. The van der Waals surface area contributed by atoms with E-state index < -0.39 is 0 Å².